The van der Waals surface area contributed by atoms with E-state index in [1.165, 1.54) is 7.11 Å². The molecule has 5 heteroatoms. The molecule has 1 saturated heterocycles. The van der Waals surface area contributed by atoms with E-state index in [0.717, 1.165) is 36.6 Å². The average Bonchev–Trinajstić information content (AvgIpc) is 3.03. The van der Waals surface area contributed by atoms with Gasteiger partial charge in [0.2, 0.25) is 0 Å². The monoisotopic (exact) mass is 311 g/mol. The number of aromatic nitrogens is 2. The third kappa shape index (κ3) is 3.04. The Kier molecular flexibility index (Phi) is 4.28. The van der Waals surface area contributed by atoms with Gasteiger partial charge in [0.25, 0.3) is 0 Å². The first-order valence-electron chi connectivity index (χ1n) is 7.86. The lowest BCUT2D eigenvalue weighted by Crippen LogP contribution is -2.25. The minimum atomic E-state index is -0.347. The number of carbonyl (C=O) groups is 1. The van der Waals surface area contributed by atoms with Gasteiger partial charge in [0.15, 0.2) is 0 Å². The van der Waals surface area contributed by atoms with E-state index < -0.39 is 0 Å². The van der Waals surface area contributed by atoms with Crippen molar-refractivity contribution in [1.29, 1.82) is 0 Å². The van der Waals surface area contributed by atoms with Crippen molar-refractivity contribution in [1.82, 2.24) is 9.97 Å². The van der Waals surface area contributed by atoms with Crippen molar-refractivity contribution in [3.05, 3.63) is 53.0 Å². The topological polar surface area (TPSA) is 55.3 Å². The van der Waals surface area contributed by atoms with E-state index in [-0.39, 0.29) is 12.0 Å². The van der Waals surface area contributed by atoms with Crippen molar-refractivity contribution in [2.24, 2.45) is 0 Å². The van der Waals surface area contributed by atoms with E-state index >= 15 is 0 Å². The lowest BCUT2D eigenvalue weighted by Gasteiger charge is -2.26. The van der Waals surface area contributed by atoms with Gasteiger partial charge in [-0.3, -0.25) is 4.98 Å². The summed E-state index contributed by atoms with van der Waals surface area (Å²) in [5, 5.41) is 0. The summed E-state index contributed by atoms with van der Waals surface area (Å²) < 4.78 is 4.78. The normalized spacial score (nSPS) is 17.3. The molecule has 0 aromatic carbocycles. The highest BCUT2D eigenvalue weighted by Gasteiger charge is 2.28. The Hall–Kier alpha value is -2.43. The molecular weight excluding hydrogens is 290 g/mol. The van der Waals surface area contributed by atoms with Crippen molar-refractivity contribution >= 4 is 11.8 Å². The summed E-state index contributed by atoms with van der Waals surface area (Å²) in [6, 6.07) is 10.1. The number of hydrogen-bond acceptors (Lipinski definition) is 5. The van der Waals surface area contributed by atoms with Crippen LogP contribution in [-0.4, -0.2) is 29.6 Å². The van der Waals surface area contributed by atoms with Crippen LogP contribution in [0.1, 0.15) is 46.3 Å². The van der Waals surface area contributed by atoms with Crippen LogP contribution in [0.15, 0.2) is 30.3 Å². The maximum atomic E-state index is 11.7. The summed E-state index contributed by atoms with van der Waals surface area (Å²) in [5.74, 6) is 0.542. The quantitative estimate of drug-likeness (QED) is 0.815. The summed E-state index contributed by atoms with van der Waals surface area (Å²) in [7, 11) is 1.38. The first kappa shape index (κ1) is 15.5. The van der Waals surface area contributed by atoms with Crippen molar-refractivity contribution in [2.75, 3.05) is 18.6 Å². The zero-order valence-corrected chi connectivity index (χ0v) is 13.7. The molecule has 0 saturated carbocycles. The van der Waals surface area contributed by atoms with Gasteiger partial charge in [-0.15, -0.1) is 0 Å². The van der Waals surface area contributed by atoms with Gasteiger partial charge < -0.3 is 9.64 Å². The molecule has 1 atom stereocenters. The molecule has 0 spiro atoms. The number of carbonyl (C=O) groups excluding carboxylic acids is 1. The molecule has 0 N–H and O–H groups in total. The Morgan fingerprint density at radius 1 is 1.22 bits per heavy atom. The fraction of sp³-hybridized carbons (Fsp3) is 0.389. The molecule has 0 radical (unpaired) electrons. The minimum Gasteiger partial charge on any atom is -0.465 e. The SMILES string of the molecule is COC(=O)c1ccc(N2CCC[C@H]2c2cccc(C)n2)nc1C. The second-order valence-corrected chi connectivity index (χ2v) is 5.85. The molecule has 0 bridgehead atoms. The Bertz CT molecular complexity index is 730. The molecule has 1 fully saturated rings. The number of methoxy groups -OCH3 is 1. The van der Waals surface area contributed by atoms with Crippen LogP contribution < -0.4 is 4.90 Å². The first-order chi connectivity index (χ1) is 11.1. The molecule has 1 aliphatic rings. The van der Waals surface area contributed by atoms with Gasteiger partial charge in [-0.25, -0.2) is 9.78 Å². The summed E-state index contributed by atoms with van der Waals surface area (Å²) in [4.78, 5) is 23.3. The molecule has 2 aromatic heterocycles. The van der Waals surface area contributed by atoms with E-state index in [0.29, 0.717) is 11.3 Å². The standard InChI is InChI=1S/C18H21N3O2/c1-12-6-4-7-15(19-12)16-8-5-11-21(16)17-10-9-14(13(2)20-17)18(22)23-3/h4,6-7,9-10,16H,5,8,11H2,1-3H3/t16-/m0/s1. The number of anilines is 1. The van der Waals surface area contributed by atoms with Gasteiger partial charge in [0, 0.05) is 12.2 Å². The molecule has 5 nitrogen and oxygen atoms in total. The highest BCUT2D eigenvalue weighted by molar-refractivity contribution is 5.90. The average molecular weight is 311 g/mol. The molecule has 1 aliphatic heterocycles. The highest BCUT2D eigenvalue weighted by Crippen LogP contribution is 2.34. The van der Waals surface area contributed by atoms with Crippen LogP contribution in [0.3, 0.4) is 0 Å². The Balaban J connectivity index is 1.91. The largest absolute Gasteiger partial charge is 0.465 e. The van der Waals surface area contributed by atoms with E-state index in [1.807, 2.05) is 32.0 Å². The Labute approximate surface area is 136 Å². The van der Waals surface area contributed by atoms with Crippen molar-refractivity contribution < 1.29 is 9.53 Å². The van der Waals surface area contributed by atoms with Gasteiger partial charge >= 0.3 is 5.97 Å². The Morgan fingerprint density at radius 3 is 2.74 bits per heavy atom. The summed E-state index contributed by atoms with van der Waals surface area (Å²) in [5.41, 5.74) is 3.32. The summed E-state index contributed by atoms with van der Waals surface area (Å²) in [6.07, 6.45) is 2.18. The second kappa shape index (κ2) is 6.36. The fourth-order valence-corrected chi connectivity index (χ4v) is 3.13. The molecule has 3 rings (SSSR count). The minimum absolute atomic E-state index is 0.241. The van der Waals surface area contributed by atoms with E-state index in [9.17, 15) is 4.79 Å². The van der Waals surface area contributed by atoms with Crippen LogP contribution in [0.25, 0.3) is 0 Å². The molecule has 0 amide bonds. The smallest absolute Gasteiger partial charge is 0.339 e. The number of aryl methyl sites for hydroxylation is 2. The highest BCUT2D eigenvalue weighted by atomic mass is 16.5. The summed E-state index contributed by atoms with van der Waals surface area (Å²) in [6.45, 7) is 4.80. The maximum Gasteiger partial charge on any atom is 0.339 e. The van der Waals surface area contributed by atoms with Crippen molar-refractivity contribution in [3.8, 4) is 0 Å². The Morgan fingerprint density at radius 2 is 2.04 bits per heavy atom. The number of hydrogen-bond donors (Lipinski definition) is 0. The molecule has 120 valence electrons. The number of rotatable bonds is 3. The second-order valence-electron chi connectivity index (χ2n) is 5.85. The van der Waals surface area contributed by atoms with Crippen LogP contribution in [-0.2, 0) is 4.74 Å². The fourth-order valence-electron chi connectivity index (χ4n) is 3.13. The van der Waals surface area contributed by atoms with Crippen LogP contribution in [0, 0.1) is 13.8 Å². The lowest BCUT2D eigenvalue weighted by atomic mass is 10.1. The van der Waals surface area contributed by atoms with E-state index in [1.54, 1.807) is 6.07 Å². The van der Waals surface area contributed by atoms with Crippen LogP contribution in [0.5, 0.6) is 0 Å². The van der Waals surface area contributed by atoms with Crippen LogP contribution in [0.2, 0.25) is 0 Å². The molecule has 2 aromatic rings. The van der Waals surface area contributed by atoms with Crippen LogP contribution >= 0.6 is 0 Å². The zero-order valence-electron chi connectivity index (χ0n) is 13.7. The van der Waals surface area contributed by atoms with Crippen LogP contribution in [0.4, 0.5) is 5.82 Å². The zero-order chi connectivity index (χ0) is 16.4. The lowest BCUT2D eigenvalue weighted by molar-refractivity contribution is 0.0599. The number of pyridine rings is 2. The van der Waals surface area contributed by atoms with Crippen molar-refractivity contribution in [2.45, 2.75) is 32.7 Å². The van der Waals surface area contributed by atoms with Gasteiger partial charge in [-0.2, -0.15) is 0 Å². The predicted octanol–water partition coefficient (Wildman–Crippen LogP) is 3.22. The number of esters is 1. The molecular formula is C18H21N3O2. The third-order valence-corrected chi connectivity index (χ3v) is 4.27. The predicted molar refractivity (Wildman–Crippen MR) is 88.6 cm³/mol. The van der Waals surface area contributed by atoms with Gasteiger partial charge in [-0.05, 0) is 51.0 Å². The molecule has 0 unspecified atom stereocenters. The molecule has 23 heavy (non-hydrogen) atoms. The van der Waals surface area contributed by atoms with Gasteiger partial charge in [0.05, 0.1) is 30.1 Å². The van der Waals surface area contributed by atoms with Crippen molar-refractivity contribution in [3.63, 3.8) is 0 Å². The number of nitrogens with zero attached hydrogens (tertiary/aromatic N) is 3. The van der Waals surface area contributed by atoms with E-state index in [4.69, 9.17) is 4.74 Å². The first-order valence-corrected chi connectivity index (χ1v) is 7.86. The summed E-state index contributed by atoms with van der Waals surface area (Å²) >= 11 is 0. The number of ether oxygens (including phenoxy) is 1. The van der Waals surface area contributed by atoms with E-state index in [2.05, 4.69) is 20.9 Å². The van der Waals surface area contributed by atoms with Gasteiger partial charge in [0.1, 0.15) is 5.82 Å². The third-order valence-electron chi connectivity index (χ3n) is 4.27. The maximum absolute atomic E-state index is 11.7. The molecule has 3 heterocycles. The van der Waals surface area contributed by atoms with Gasteiger partial charge in [-0.1, -0.05) is 6.07 Å². The molecule has 0 aliphatic carbocycles.